The minimum absolute atomic E-state index is 0.348. The Labute approximate surface area is 170 Å². The molecule has 0 fully saturated rings. The maximum absolute atomic E-state index is 12.2. The van der Waals surface area contributed by atoms with Gasteiger partial charge in [-0.1, -0.05) is 17.7 Å². The summed E-state index contributed by atoms with van der Waals surface area (Å²) in [5, 5.41) is 4.25. The van der Waals surface area contributed by atoms with Gasteiger partial charge in [0, 0.05) is 5.02 Å². The summed E-state index contributed by atoms with van der Waals surface area (Å²) in [6.45, 7) is 3.80. The molecule has 0 bridgehead atoms. The Morgan fingerprint density at radius 2 is 1.93 bits per heavy atom. The number of amides is 1. The number of aryl methyl sites for hydroxylation is 1. The van der Waals surface area contributed by atoms with Crippen LogP contribution in [0.15, 0.2) is 47.6 Å². The summed E-state index contributed by atoms with van der Waals surface area (Å²) >= 11 is 5.98. The van der Waals surface area contributed by atoms with Crippen molar-refractivity contribution in [1.29, 1.82) is 0 Å². The third-order valence-corrected chi connectivity index (χ3v) is 5.08. The van der Waals surface area contributed by atoms with E-state index in [1.807, 2.05) is 6.92 Å². The molecule has 0 unspecified atom stereocenters. The average molecular weight is 424 g/mol. The van der Waals surface area contributed by atoms with Gasteiger partial charge in [-0.2, -0.15) is 5.10 Å². The van der Waals surface area contributed by atoms with Crippen molar-refractivity contribution >= 4 is 39.4 Å². The summed E-state index contributed by atoms with van der Waals surface area (Å²) in [6, 6.07) is 12.0. The van der Waals surface area contributed by atoms with Crippen LogP contribution in [0.5, 0.6) is 5.75 Å². The summed E-state index contributed by atoms with van der Waals surface area (Å²) in [7, 11) is -3.69. The first-order valence-corrected chi connectivity index (χ1v) is 10.7. The van der Waals surface area contributed by atoms with Crippen LogP contribution in [0.1, 0.15) is 18.1 Å². The number of hydrogen-bond acceptors (Lipinski definition) is 5. The number of nitrogens with one attached hydrogen (secondary N) is 1. The van der Waals surface area contributed by atoms with Gasteiger partial charge in [0.15, 0.2) is 0 Å². The number of sulfonamides is 1. The second-order valence-corrected chi connectivity index (χ2v) is 8.34. The van der Waals surface area contributed by atoms with Crippen LogP contribution in [-0.2, 0) is 14.8 Å². The first-order chi connectivity index (χ1) is 13.2. The van der Waals surface area contributed by atoms with Crippen LogP contribution in [0, 0.1) is 6.92 Å². The fraction of sp³-hybridized carbons (Fsp3) is 0.263. The van der Waals surface area contributed by atoms with Gasteiger partial charge in [-0.05, 0) is 61.4 Å². The number of carbonyl (C=O) groups is 1. The molecule has 0 aromatic heterocycles. The molecule has 0 aliphatic heterocycles. The highest BCUT2D eigenvalue weighted by Crippen LogP contribution is 2.26. The zero-order valence-electron chi connectivity index (χ0n) is 15.8. The molecule has 2 aromatic carbocycles. The second kappa shape index (κ2) is 9.57. The number of rotatable bonds is 8. The molecule has 2 rings (SSSR count). The number of anilines is 1. The highest BCUT2D eigenvalue weighted by atomic mass is 35.5. The van der Waals surface area contributed by atoms with E-state index in [9.17, 15) is 13.2 Å². The maximum atomic E-state index is 12.2. The number of ether oxygens (including phenoxy) is 1. The molecule has 0 saturated carbocycles. The number of halogens is 1. The summed E-state index contributed by atoms with van der Waals surface area (Å²) in [5.74, 6) is 0.163. The normalized spacial score (nSPS) is 11.4. The zero-order valence-corrected chi connectivity index (χ0v) is 17.4. The Kier molecular flexibility index (Phi) is 7.42. The minimum Gasteiger partial charge on any atom is -0.494 e. The number of nitrogens with zero attached hydrogens (tertiary/aromatic N) is 2. The van der Waals surface area contributed by atoms with E-state index in [2.05, 4.69) is 10.5 Å². The molecule has 0 aliphatic rings. The van der Waals surface area contributed by atoms with Crippen molar-refractivity contribution in [3.63, 3.8) is 0 Å². The van der Waals surface area contributed by atoms with E-state index in [1.54, 1.807) is 43.3 Å². The van der Waals surface area contributed by atoms with Gasteiger partial charge in [0.25, 0.3) is 5.91 Å². The molecule has 0 radical (unpaired) electrons. The molecule has 0 aliphatic carbocycles. The first kappa shape index (κ1) is 21.7. The van der Waals surface area contributed by atoms with Gasteiger partial charge in [0.1, 0.15) is 12.3 Å². The average Bonchev–Trinajstić information content (AvgIpc) is 2.63. The van der Waals surface area contributed by atoms with Crippen LogP contribution in [-0.4, -0.2) is 39.9 Å². The largest absolute Gasteiger partial charge is 0.494 e. The lowest BCUT2D eigenvalue weighted by atomic mass is 10.2. The van der Waals surface area contributed by atoms with E-state index in [0.29, 0.717) is 22.9 Å². The Morgan fingerprint density at radius 1 is 1.25 bits per heavy atom. The molecule has 0 saturated heterocycles. The standard InChI is InChI=1S/C19H22ClN3O4S/c1-4-27-17-9-6-15(7-10-17)12-21-22-19(24)13-23(28(3,25)26)18-11-16(20)8-5-14(18)2/h5-12H,4,13H2,1-3H3,(H,22,24)/b21-12-. The molecule has 1 amide bonds. The zero-order chi connectivity index (χ0) is 20.7. The molecule has 0 spiro atoms. The van der Waals surface area contributed by atoms with Crippen molar-refractivity contribution in [2.75, 3.05) is 23.7 Å². The lowest BCUT2D eigenvalue weighted by Crippen LogP contribution is -2.39. The summed E-state index contributed by atoms with van der Waals surface area (Å²) in [5.41, 5.74) is 4.13. The van der Waals surface area contributed by atoms with Crippen molar-refractivity contribution in [2.24, 2.45) is 5.10 Å². The van der Waals surface area contributed by atoms with Gasteiger partial charge in [-0.15, -0.1) is 0 Å². The molecule has 2 aromatic rings. The molecule has 150 valence electrons. The van der Waals surface area contributed by atoms with E-state index < -0.39 is 22.5 Å². The fourth-order valence-electron chi connectivity index (χ4n) is 2.39. The third kappa shape index (κ3) is 6.24. The van der Waals surface area contributed by atoms with Gasteiger partial charge in [-0.3, -0.25) is 9.10 Å². The second-order valence-electron chi connectivity index (χ2n) is 6.00. The smallest absolute Gasteiger partial charge is 0.260 e. The van der Waals surface area contributed by atoms with Gasteiger partial charge >= 0.3 is 0 Å². The molecular formula is C19H22ClN3O4S. The molecule has 28 heavy (non-hydrogen) atoms. The van der Waals surface area contributed by atoms with Crippen LogP contribution in [0.25, 0.3) is 0 Å². The molecule has 0 heterocycles. The van der Waals surface area contributed by atoms with Gasteiger partial charge in [0.05, 0.1) is 24.8 Å². The lowest BCUT2D eigenvalue weighted by molar-refractivity contribution is -0.119. The van der Waals surface area contributed by atoms with Crippen molar-refractivity contribution < 1.29 is 17.9 Å². The van der Waals surface area contributed by atoms with Crippen molar-refractivity contribution in [3.05, 3.63) is 58.6 Å². The van der Waals surface area contributed by atoms with Crippen LogP contribution in [0.4, 0.5) is 5.69 Å². The van der Waals surface area contributed by atoms with Crippen LogP contribution in [0.3, 0.4) is 0 Å². The van der Waals surface area contributed by atoms with Crippen LogP contribution >= 0.6 is 11.6 Å². The topological polar surface area (TPSA) is 88.1 Å². The quantitative estimate of drug-likeness (QED) is 0.522. The highest BCUT2D eigenvalue weighted by molar-refractivity contribution is 7.92. The summed E-state index contributed by atoms with van der Waals surface area (Å²) in [4.78, 5) is 12.2. The van der Waals surface area contributed by atoms with E-state index in [0.717, 1.165) is 21.9 Å². The molecule has 0 atom stereocenters. The Bertz CT molecular complexity index is 960. The van der Waals surface area contributed by atoms with Crippen molar-refractivity contribution in [2.45, 2.75) is 13.8 Å². The number of hydrazone groups is 1. The SMILES string of the molecule is CCOc1ccc(/C=N\NC(=O)CN(c2cc(Cl)ccc2C)S(C)(=O)=O)cc1. The Hall–Kier alpha value is -2.58. The summed E-state index contributed by atoms with van der Waals surface area (Å²) < 4.78 is 30.7. The number of hydrogen-bond donors (Lipinski definition) is 1. The lowest BCUT2D eigenvalue weighted by Gasteiger charge is -2.23. The van der Waals surface area contributed by atoms with E-state index in [-0.39, 0.29) is 0 Å². The summed E-state index contributed by atoms with van der Waals surface area (Å²) in [6.07, 6.45) is 2.49. The highest BCUT2D eigenvalue weighted by Gasteiger charge is 2.22. The molecule has 1 N–H and O–H groups in total. The van der Waals surface area contributed by atoms with Crippen LogP contribution in [0.2, 0.25) is 5.02 Å². The Balaban J connectivity index is 2.07. The number of benzene rings is 2. The third-order valence-electron chi connectivity index (χ3n) is 3.72. The van der Waals surface area contributed by atoms with Crippen LogP contribution < -0.4 is 14.5 Å². The van der Waals surface area contributed by atoms with Crippen molar-refractivity contribution in [1.82, 2.24) is 5.43 Å². The number of carbonyl (C=O) groups excluding carboxylic acids is 1. The minimum atomic E-state index is -3.69. The molecule has 7 nitrogen and oxygen atoms in total. The van der Waals surface area contributed by atoms with E-state index in [4.69, 9.17) is 16.3 Å². The Morgan fingerprint density at radius 3 is 2.54 bits per heavy atom. The first-order valence-electron chi connectivity index (χ1n) is 8.49. The van der Waals surface area contributed by atoms with E-state index >= 15 is 0 Å². The maximum Gasteiger partial charge on any atom is 0.260 e. The fourth-order valence-corrected chi connectivity index (χ4v) is 3.47. The predicted molar refractivity (Wildman–Crippen MR) is 112 cm³/mol. The van der Waals surface area contributed by atoms with Gasteiger partial charge < -0.3 is 4.74 Å². The molecule has 9 heteroatoms. The predicted octanol–water partition coefficient (Wildman–Crippen LogP) is 2.96. The van der Waals surface area contributed by atoms with Crippen molar-refractivity contribution in [3.8, 4) is 5.75 Å². The van der Waals surface area contributed by atoms with Gasteiger partial charge in [0.2, 0.25) is 10.0 Å². The van der Waals surface area contributed by atoms with E-state index in [1.165, 1.54) is 12.3 Å². The monoisotopic (exact) mass is 423 g/mol. The molecular weight excluding hydrogens is 402 g/mol. The van der Waals surface area contributed by atoms with Gasteiger partial charge in [-0.25, -0.2) is 13.8 Å².